The van der Waals surface area contributed by atoms with E-state index in [1.54, 1.807) is 7.11 Å². The second-order valence-electron chi connectivity index (χ2n) is 7.00. The highest BCUT2D eigenvalue weighted by Crippen LogP contribution is 2.21. The van der Waals surface area contributed by atoms with Crippen LogP contribution >= 0.6 is 0 Å². The van der Waals surface area contributed by atoms with Crippen LogP contribution in [0.1, 0.15) is 24.0 Å². The molecule has 2 aromatic carbocycles. The molecule has 2 aromatic rings. The fraction of sp³-hybridized carbons (Fsp3) is 0.455. The smallest absolute Gasteiger partial charge is 0.119 e. The fourth-order valence-corrected chi connectivity index (χ4v) is 3.65. The minimum atomic E-state index is -0.461. The van der Waals surface area contributed by atoms with Gasteiger partial charge in [-0.25, -0.2) is 0 Å². The first-order chi connectivity index (χ1) is 12.7. The van der Waals surface area contributed by atoms with Crippen molar-refractivity contribution >= 4 is 0 Å². The molecule has 0 aliphatic carbocycles. The maximum atomic E-state index is 10.4. The molecule has 0 aromatic heterocycles. The Morgan fingerprint density at radius 1 is 1.12 bits per heavy atom. The lowest BCUT2D eigenvalue weighted by atomic mass is 10.0. The third-order valence-corrected chi connectivity index (χ3v) is 4.97. The normalized spacial score (nSPS) is 18.8. The highest BCUT2D eigenvalue weighted by atomic mass is 16.5. The summed E-state index contributed by atoms with van der Waals surface area (Å²) in [6.07, 6.45) is 3.00. The van der Waals surface area contributed by atoms with Gasteiger partial charge in [-0.05, 0) is 49.1 Å². The van der Waals surface area contributed by atoms with Gasteiger partial charge in [-0.2, -0.15) is 0 Å². The first-order valence-corrected chi connectivity index (χ1v) is 9.41. The summed E-state index contributed by atoms with van der Waals surface area (Å²) in [6.45, 7) is 2.58. The molecule has 2 unspecified atom stereocenters. The Bertz CT molecular complexity index is 661. The second kappa shape index (κ2) is 9.72. The van der Waals surface area contributed by atoms with Gasteiger partial charge in [-0.1, -0.05) is 42.5 Å². The monoisotopic (exact) mass is 355 g/mol. The molecule has 2 atom stereocenters. The molecule has 1 aliphatic heterocycles. The Balaban J connectivity index is 1.42. The number of ether oxygens (including phenoxy) is 2. The summed E-state index contributed by atoms with van der Waals surface area (Å²) in [5.74, 6) is 0.826. The third kappa shape index (κ3) is 5.56. The zero-order chi connectivity index (χ0) is 18.2. The van der Waals surface area contributed by atoms with Crippen molar-refractivity contribution in [3.05, 3.63) is 65.7 Å². The van der Waals surface area contributed by atoms with Crippen LogP contribution in [0.4, 0.5) is 0 Å². The predicted octanol–water partition coefficient (Wildman–Crippen LogP) is 3.28. The number of benzene rings is 2. The minimum Gasteiger partial charge on any atom is -0.497 e. The van der Waals surface area contributed by atoms with Crippen molar-refractivity contribution in [2.24, 2.45) is 0 Å². The van der Waals surface area contributed by atoms with Crippen LogP contribution in [0.3, 0.4) is 0 Å². The molecule has 4 nitrogen and oxygen atoms in total. The van der Waals surface area contributed by atoms with Crippen LogP contribution in [0.5, 0.6) is 5.75 Å². The number of rotatable bonds is 9. The molecule has 0 saturated carbocycles. The molecular formula is C22H29NO3. The van der Waals surface area contributed by atoms with Crippen LogP contribution in [-0.4, -0.2) is 49.0 Å². The van der Waals surface area contributed by atoms with Gasteiger partial charge in [0, 0.05) is 12.6 Å². The van der Waals surface area contributed by atoms with Crippen molar-refractivity contribution in [2.75, 3.05) is 26.8 Å². The molecule has 1 N–H and O–H groups in total. The number of hydrogen-bond donors (Lipinski definition) is 1. The largest absolute Gasteiger partial charge is 0.497 e. The van der Waals surface area contributed by atoms with Crippen molar-refractivity contribution in [3.8, 4) is 5.75 Å². The summed E-state index contributed by atoms with van der Waals surface area (Å²) in [6, 6.07) is 19.0. The summed E-state index contributed by atoms with van der Waals surface area (Å²) < 4.78 is 10.9. The molecule has 0 bridgehead atoms. The van der Waals surface area contributed by atoms with E-state index in [1.165, 1.54) is 18.4 Å². The number of nitrogens with zero attached hydrogens (tertiary/aromatic N) is 1. The van der Waals surface area contributed by atoms with Gasteiger partial charge in [0.05, 0.1) is 26.4 Å². The number of β-amino-alcohol motifs (C(OH)–C–C–N with tert-alkyl or cyclic N) is 1. The van der Waals surface area contributed by atoms with E-state index in [2.05, 4.69) is 35.2 Å². The van der Waals surface area contributed by atoms with Gasteiger partial charge < -0.3 is 14.6 Å². The Hall–Kier alpha value is -1.88. The third-order valence-electron chi connectivity index (χ3n) is 4.97. The lowest BCUT2D eigenvalue weighted by molar-refractivity contribution is 0.00785. The highest BCUT2D eigenvalue weighted by molar-refractivity contribution is 5.27. The zero-order valence-electron chi connectivity index (χ0n) is 15.5. The zero-order valence-corrected chi connectivity index (χ0v) is 15.5. The topological polar surface area (TPSA) is 41.9 Å². The van der Waals surface area contributed by atoms with Crippen molar-refractivity contribution in [1.29, 1.82) is 0 Å². The summed E-state index contributed by atoms with van der Waals surface area (Å²) >= 11 is 0. The van der Waals surface area contributed by atoms with Crippen molar-refractivity contribution in [2.45, 2.75) is 38.0 Å². The summed E-state index contributed by atoms with van der Waals surface area (Å²) in [5.41, 5.74) is 2.42. The first-order valence-electron chi connectivity index (χ1n) is 9.41. The number of aliphatic hydroxyl groups excluding tert-OH is 1. The maximum Gasteiger partial charge on any atom is 0.119 e. The number of likely N-dealkylation sites (tertiary alicyclic amines) is 1. The van der Waals surface area contributed by atoms with E-state index in [9.17, 15) is 5.11 Å². The van der Waals surface area contributed by atoms with Crippen molar-refractivity contribution in [3.63, 3.8) is 0 Å². The summed E-state index contributed by atoms with van der Waals surface area (Å²) in [4.78, 5) is 2.41. The maximum absolute atomic E-state index is 10.4. The fourth-order valence-electron chi connectivity index (χ4n) is 3.65. The minimum absolute atomic E-state index is 0.353. The SMILES string of the molecule is COc1cccc(COCC(O)CN2CCCC2Cc2ccccc2)c1. The van der Waals surface area contributed by atoms with E-state index < -0.39 is 6.10 Å². The molecule has 0 radical (unpaired) electrons. The van der Waals surface area contributed by atoms with Crippen LogP contribution in [-0.2, 0) is 17.8 Å². The Morgan fingerprint density at radius 3 is 2.73 bits per heavy atom. The van der Waals surface area contributed by atoms with Gasteiger partial charge >= 0.3 is 0 Å². The summed E-state index contributed by atoms with van der Waals surface area (Å²) in [5, 5.41) is 10.4. The molecule has 26 heavy (non-hydrogen) atoms. The molecule has 0 amide bonds. The van der Waals surface area contributed by atoms with E-state index in [0.717, 1.165) is 24.3 Å². The lowest BCUT2D eigenvalue weighted by Gasteiger charge is -2.27. The quantitative estimate of drug-likeness (QED) is 0.750. The number of aliphatic hydroxyl groups is 1. The van der Waals surface area contributed by atoms with Gasteiger partial charge in [0.15, 0.2) is 0 Å². The first kappa shape index (κ1) is 18.9. The van der Waals surface area contributed by atoms with Gasteiger partial charge in [-0.15, -0.1) is 0 Å². The summed E-state index contributed by atoms with van der Waals surface area (Å²) in [7, 11) is 1.66. The average molecular weight is 355 g/mol. The van der Waals surface area contributed by atoms with Gasteiger partial charge in [0.2, 0.25) is 0 Å². The molecule has 1 aliphatic rings. The molecule has 140 valence electrons. The Kier molecular flexibility index (Phi) is 7.06. The molecule has 3 rings (SSSR count). The molecule has 0 spiro atoms. The Morgan fingerprint density at radius 2 is 1.92 bits per heavy atom. The Labute approximate surface area is 156 Å². The van der Waals surface area contributed by atoms with E-state index in [4.69, 9.17) is 9.47 Å². The van der Waals surface area contributed by atoms with Crippen molar-refractivity contribution in [1.82, 2.24) is 4.90 Å². The van der Waals surface area contributed by atoms with Gasteiger partial charge in [-0.3, -0.25) is 4.90 Å². The molecule has 1 fully saturated rings. The van der Waals surface area contributed by atoms with Gasteiger partial charge in [0.1, 0.15) is 5.75 Å². The molecule has 4 heteroatoms. The van der Waals surface area contributed by atoms with Crippen LogP contribution in [0, 0.1) is 0 Å². The van der Waals surface area contributed by atoms with E-state index in [0.29, 0.717) is 25.8 Å². The van der Waals surface area contributed by atoms with Crippen molar-refractivity contribution < 1.29 is 14.6 Å². The second-order valence-corrected chi connectivity index (χ2v) is 7.00. The van der Waals surface area contributed by atoms with E-state index in [-0.39, 0.29) is 0 Å². The van der Waals surface area contributed by atoms with Crippen LogP contribution < -0.4 is 4.74 Å². The number of hydrogen-bond acceptors (Lipinski definition) is 4. The highest BCUT2D eigenvalue weighted by Gasteiger charge is 2.26. The van der Waals surface area contributed by atoms with Crippen LogP contribution in [0.25, 0.3) is 0 Å². The standard InChI is InChI=1S/C22H29NO3/c1-25-22-11-5-9-19(14-22)16-26-17-21(24)15-23-12-6-10-20(23)13-18-7-3-2-4-8-18/h2-5,7-9,11,14,20-21,24H,6,10,12-13,15-17H2,1H3. The van der Waals surface area contributed by atoms with Crippen LogP contribution in [0.2, 0.25) is 0 Å². The lowest BCUT2D eigenvalue weighted by Crippen LogP contribution is -2.39. The van der Waals surface area contributed by atoms with Crippen LogP contribution in [0.15, 0.2) is 54.6 Å². The van der Waals surface area contributed by atoms with E-state index >= 15 is 0 Å². The molecular weight excluding hydrogens is 326 g/mol. The molecule has 1 heterocycles. The predicted molar refractivity (Wildman–Crippen MR) is 103 cm³/mol. The van der Waals surface area contributed by atoms with Gasteiger partial charge in [0.25, 0.3) is 0 Å². The molecule has 1 saturated heterocycles. The number of methoxy groups -OCH3 is 1. The van der Waals surface area contributed by atoms with E-state index in [1.807, 2.05) is 24.3 Å². The average Bonchev–Trinajstić information content (AvgIpc) is 3.09.